The van der Waals surface area contributed by atoms with Crippen molar-refractivity contribution in [3.05, 3.63) is 107 Å². The quantitative estimate of drug-likeness (QED) is 0.234. The summed E-state index contributed by atoms with van der Waals surface area (Å²) in [6.07, 6.45) is 0. The molecule has 0 aliphatic carbocycles. The van der Waals surface area contributed by atoms with E-state index in [2.05, 4.69) is 31.1 Å². The average molecular weight is 439 g/mol. The van der Waals surface area contributed by atoms with Crippen molar-refractivity contribution in [1.82, 2.24) is 0 Å². The van der Waals surface area contributed by atoms with E-state index in [1.54, 1.807) is 42.5 Å². The molecule has 3 rings (SSSR count). The van der Waals surface area contributed by atoms with Crippen LogP contribution in [0.1, 0.15) is 47.0 Å². The van der Waals surface area contributed by atoms with Gasteiger partial charge in [-0.2, -0.15) is 0 Å². The maximum absolute atomic E-state index is 13.1. The largest absolute Gasteiger partial charge is 0.285 e. The molecule has 0 heterocycles. The van der Waals surface area contributed by atoms with E-state index < -0.39 is 31.2 Å². The highest BCUT2D eigenvalue weighted by molar-refractivity contribution is 6.83. The lowest BCUT2D eigenvalue weighted by atomic mass is 9.91. The van der Waals surface area contributed by atoms with E-state index in [1.165, 1.54) is 36.4 Å². The van der Waals surface area contributed by atoms with Gasteiger partial charge in [0.05, 0.1) is 0 Å². The Morgan fingerprint density at radius 2 is 1.06 bits per heavy atom. The molecule has 0 N–H and O–H groups in total. The summed E-state index contributed by atoms with van der Waals surface area (Å²) in [7, 11) is -1.69. The minimum atomic E-state index is -1.69. The van der Waals surface area contributed by atoms with Crippen molar-refractivity contribution in [2.45, 2.75) is 19.6 Å². The Bertz CT molecular complexity index is 1260. The number of Topliss-reactive ketones (excluding diaryl/α,β-unsaturated/α-hetero) is 4. The maximum atomic E-state index is 13.1. The van der Waals surface area contributed by atoms with Gasteiger partial charge in [0.15, 0.2) is 0 Å². The second kappa shape index (κ2) is 9.50. The van der Waals surface area contributed by atoms with Gasteiger partial charge >= 0.3 is 0 Å². The summed E-state index contributed by atoms with van der Waals surface area (Å²) in [5.74, 6) is -0.146. The van der Waals surface area contributed by atoms with Gasteiger partial charge in [-0.3, -0.25) is 19.2 Å². The van der Waals surface area contributed by atoms with Crippen molar-refractivity contribution in [3.63, 3.8) is 0 Å². The number of hydrogen-bond acceptors (Lipinski definition) is 4. The van der Waals surface area contributed by atoms with Crippen molar-refractivity contribution in [2.24, 2.45) is 0 Å². The lowest BCUT2D eigenvalue weighted by Gasteiger charge is -2.09. The summed E-state index contributed by atoms with van der Waals surface area (Å²) >= 11 is 0. The first-order valence-corrected chi connectivity index (χ1v) is 13.6. The Kier molecular flexibility index (Phi) is 6.77. The zero-order valence-corrected chi connectivity index (χ0v) is 19.1. The molecular weight excluding hydrogens is 416 g/mol. The topological polar surface area (TPSA) is 68.3 Å². The molecule has 0 fully saturated rings. The molecule has 0 atom stereocenters. The van der Waals surface area contributed by atoms with Crippen LogP contribution in [0.5, 0.6) is 0 Å². The van der Waals surface area contributed by atoms with Crippen LogP contribution in [0.4, 0.5) is 0 Å². The van der Waals surface area contributed by atoms with Gasteiger partial charge in [0.1, 0.15) is 8.07 Å². The van der Waals surface area contributed by atoms with E-state index in [0.29, 0.717) is 5.56 Å². The summed E-state index contributed by atoms with van der Waals surface area (Å²) in [4.78, 5) is 51.7. The fourth-order valence-electron chi connectivity index (χ4n) is 2.95. The van der Waals surface area contributed by atoms with Crippen molar-refractivity contribution < 1.29 is 19.2 Å². The predicted octanol–water partition coefficient (Wildman–Crippen LogP) is 5.05. The third-order valence-corrected chi connectivity index (χ3v) is 5.45. The Balaban J connectivity index is 2.09. The first-order chi connectivity index (χ1) is 15.2. The number of ketones is 4. The molecule has 4 nitrogen and oxygen atoms in total. The van der Waals surface area contributed by atoms with Crippen LogP contribution in [0.3, 0.4) is 0 Å². The highest BCUT2D eigenvalue weighted by atomic mass is 28.3. The summed E-state index contributed by atoms with van der Waals surface area (Å²) in [5.41, 5.74) is 3.92. The van der Waals surface area contributed by atoms with Crippen LogP contribution in [-0.2, 0) is 0 Å². The van der Waals surface area contributed by atoms with Crippen LogP contribution in [0.2, 0.25) is 19.6 Å². The van der Waals surface area contributed by atoms with Crippen molar-refractivity contribution in [2.75, 3.05) is 0 Å². The minimum Gasteiger partial charge on any atom is -0.285 e. The molecule has 0 aliphatic heterocycles. The molecule has 158 valence electrons. The fourth-order valence-corrected chi connectivity index (χ4v) is 3.47. The summed E-state index contributed by atoms with van der Waals surface area (Å²) in [6.45, 7) is 6.25. The molecule has 0 saturated heterocycles. The van der Waals surface area contributed by atoms with Crippen LogP contribution in [-0.4, -0.2) is 31.2 Å². The van der Waals surface area contributed by atoms with Crippen LogP contribution < -0.4 is 0 Å². The van der Waals surface area contributed by atoms with Gasteiger partial charge in [0.25, 0.3) is 0 Å². The van der Waals surface area contributed by atoms with E-state index in [-0.39, 0.29) is 22.3 Å². The molecule has 0 amide bonds. The van der Waals surface area contributed by atoms with Crippen LogP contribution in [0.15, 0.2) is 78.9 Å². The number of rotatable bonds is 6. The molecule has 3 aromatic rings. The molecule has 0 aromatic heterocycles. The zero-order chi connectivity index (χ0) is 23.3. The number of carbonyl (C=O) groups excluding carboxylic acids is 4. The van der Waals surface area contributed by atoms with Gasteiger partial charge in [-0.25, -0.2) is 0 Å². The molecule has 0 radical (unpaired) electrons. The van der Waals surface area contributed by atoms with E-state index in [9.17, 15) is 19.2 Å². The van der Waals surface area contributed by atoms with Gasteiger partial charge in [0.2, 0.25) is 23.1 Å². The highest BCUT2D eigenvalue weighted by Gasteiger charge is 2.27. The number of carbonyl (C=O) groups is 4. The molecule has 5 heteroatoms. The molecular formula is C27H22O4Si. The first-order valence-electron chi connectivity index (χ1n) is 10.1. The minimum absolute atomic E-state index is 0.105. The average Bonchev–Trinajstić information content (AvgIpc) is 2.81. The van der Waals surface area contributed by atoms with E-state index >= 15 is 0 Å². The number of benzene rings is 3. The Morgan fingerprint density at radius 3 is 1.53 bits per heavy atom. The normalized spacial score (nSPS) is 10.6. The molecule has 32 heavy (non-hydrogen) atoms. The summed E-state index contributed by atoms with van der Waals surface area (Å²) < 4.78 is 0. The maximum Gasteiger partial charge on any atom is 0.234 e. The Morgan fingerprint density at radius 1 is 0.594 bits per heavy atom. The van der Waals surface area contributed by atoms with Gasteiger partial charge in [-0.15, -0.1) is 5.54 Å². The van der Waals surface area contributed by atoms with E-state index in [1.807, 2.05) is 0 Å². The van der Waals surface area contributed by atoms with Gasteiger partial charge in [-0.1, -0.05) is 86.2 Å². The lowest BCUT2D eigenvalue weighted by molar-refractivity contribution is 0.0801. The zero-order valence-electron chi connectivity index (χ0n) is 18.1. The smallest absolute Gasteiger partial charge is 0.234 e. The molecule has 0 bridgehead atoms. The second-order valence-electron chi connectivity index (χ2n) is 8.31. The fraction of sp³-hybridized carbons (Fsp3) is 0.111. The molecule has 0 spiro atoms. The lowest BCUT2D eigenvalue weighted by Crippen LogP contribution is -2.22. The third-order valence-electron chi connectivity index (χ3n) is 4.58. The van der Waals surface area contributed by atoms with Crippen LogP contribution >= 0.6 is 0 Å². The van der Waals surface area contributed by atoms with Crippen molar-refractivity contribution >= 4 is 31.2 Å². The molecule has 0 unspecified atom stereocenters. The highest BCUT2D eigenvalue weighted by Crippen LogP contribution is 2.18. The monoisotopic (exact) mass is 438 g/mol. The predicted molar refractivity (Wildman–Crippen MR) is 127 cm³/mol. The Labute approximate surface area is 188 Å². The van der Waals surface area contributed by atoms with Crippen LogP contribution in [0.25, 0.3) is 0 Å². The summed E-state index contributed by atoms with van der Waals surface area (Å²) in [6, 6.07) is 20.7. The van der Waals surface area contributed by atoms with Gasteiger partial charge < -0.3 is 0 Å². The molecule has 0 saturated carbocycles. The molecule has 3 aromatic carbocycles. The third kappa shape index (κ3) is 5.42. The Hall–Kier alpha value is -3.88. The van der Waals surface area contributed by atoms with Gasteiger partial charge in [0, 0.05) is 27.8 Å². The first kappa shape index (κ1) is 22.8. The van der Waals surface area contributed by atoms with Gasteiger partial charge in [-0.05, 0) is 18.2 Å². The number of hydrogen-bond donors (Lipinski definition) is 0. The van der Waals surface area contributed by atoms with Crippen molar-refractivity contribution in [1.29, 1.82) is 0 Å². The van der Waals surface area contributed by atoms with Crippen molar-refractivity contribution in [3.8, 4) is 11.5 Å². The van der Waals surface area contributed by atoms with Crippen LogP contribution in [0, 0.1) is 11.5 Å². The van der Waals surface area contributed by atoms with E-state index in [0.717, 1.165) is 0 Å². The standard InChI is InChI=1S/C27H22O4Si/c1-32(2,3)17-16-19-14-15-22(26(30)24(28)20-10-6-4-7-11-20)23(18-19)27(31)25(29)21-12-8-5-9-13-21/h4-15,18H,1-3H3. The second-order valence-corrected chi connectivity index (χ2v) is 13.1. The SMILES string of the molecule is C[Si](C)(C)C#Cc1ccc(C(=O)C(=O)c2ccccc2)c(C(=O)C(=O)c2ccccc2)c1. The summed E-state index contributed by atoms with van der Waals surface area (Å²) in [5, 5.41) is 0. The van der Waals surface area contributed by atoms with E-state index in [4.69, 9.17) is 0 Å². The molecule has 0 aliphatic rings.